The second-order valence-electron chi connectivity index (χ2n) is 6.55. The molecule has 2 aliphatic rings. The van der Waals surface area contributed by atoms with Gasteiger partial charge in [0.15, 0.2) is 11.6 Å². The molecule has 2 fully saturated rings. The van der Waals surface area contributed by atoms with Gasteiger partial charge in [-0.3, -0.25) is 14.5 Å². The quantitative estimate of drug-likeness (QED) is 0.837. The highest BCUT2D eigenvalue weighted by atomic mass is 19.1. The van der Waals surface area contributed by atoms with Crippen molar-refractivity contribution in [2.45, 2.75) is 11.6 Å². The minimum absolute atomic E-state index is 0.0849. The van der Waals surface area contributed by atoms with E-state index in [1.165, 1.54) is 19.2 Å². The maximum atomic E-state index is 13.8. The van der Waals surface area contributed by atoms with E-state index in [1.54, 1.807) is 18.0 Å². The van der Waals surface area contributed by atoms with E-state index in [1.807, 2.05) is 11.9 Å². The Morgan fingerprint density at radius 3 is 2.64 bits per heavy atom. The SMILES string of the molecule is CNC(=O)C1COC2(CN(C(=O)c3ccc(OC)c(F)c3)C2)CN1C. The number of ether oxygens (including phenoxy) is 2. The van der Waals surface area contributed by atoms with Crippen molar-refractivity contribution in [2.24, 2.45) is 0 Å². The third-order valence-electron chi connectivity index (χ3n) is 4.81. The van der Waals surface area contributed by atoms with Crippen LogP contribution in [-0.4, -0.2) is 80.7 Å². The van der Waals surface area contributed by atoms with Gasteiger partial charge in [-0.25, -0.2) is 4.39 Å². The molecule has 8 heteroatoms. The molecule has 2 heterocycles. The van der Waals surface area contributed by atoms with E-state index in [2.05, 4.69) is 5.32 Å². The summed E-state index contributed by atoms with van der Waals surface area (Å²) >= 11 is 0. The van der Waals surface area contributed by atoms with E-state index < -0.39 is 11.4 Å². The molecular weight excluding hydrogens is 329 g/mol. The highest BCUT2D eigenvalue weighted by Gasteiger charge is 2.51. The Bertz CT molecular complexity index is 690. The lowest BCUT2D eigenvalue weighted by Crippen LogP contribution is -2.73. The molecule has 2 aliphatic heterocycles. The maximum Gasteiger partial charge on any atom is 0.254 e. The summed E-state index contributed by atoms with van der Waals surface area (Å²) in [6, 6.07) is 3.85. The highest BCUT2D eigenvalue weighted by Crippen LogP contribution is 2.32. The summed E-state index contributed by atoms with van der Waals surface area (Å²) in [7, 11) is 4.84. The number of hydrogen-bond donors (Lipinski definition) is 1. The molecule has 0 bridgehead atoms. The zero-order valence-electron chi connectivity index (χ0n) is 14.5. The standard InChI is InChI=1S/C17H22FN3O4/c1-19-15(22)13-7-25-17(8-20(13)2)9-21(10-17)16(23)11-4-5-14(24-3)12(18)6-11/h4-6,13H,7-10H2,1-3H3,(H,19,22). The van der Waals surface area contributed by atoms with Crippen molar-refractivity contribution < 1.29 is 23.5 Å². The van der Waals surface area contributed by atoms with Crippen molar-refractivity contribution in [1.29, 1.82) is 0 Å². The number of carbonyl (C=O) groups excluding carboxylic acids is 2. The lowest BCUT2D eigenvalue weighted by molar-refractivity contribution is -0.187. The molecule has 2 saturated heterocycles. The third kappa shape index (κ3) is 3.19. The predicted octanol–water partition coefficient (Wildman–Crippen LogP) is 0.106. The number of benzene rings is 1. The highest BCUT2D eigenvalue weighted by molar-refractivity contribution is 5.95. The summed E-state index contributed by atoms with van der Waals surface area (Å²) in [5.74, 6) is -0.787. The number of nitrogens with one attached hydrogen (secondary N) is 1. The fourth-order valence-corrected chi connectivity index (χ4v) is 3.40. The molecule has 3 rings (SSSR count). The van der Waals surface area contributed by atoms with Gasteiger partial charge in [0.1, 0.15) is 11.6 Å². The molecular formula is C17H22FN3O4. The van der Waals surface area contributed by atoms with Gasteiger partial charge in [-0.05, 0) is 25.2 Å². The molecule has 0 radical (unpaired) electrons. The van der Waals surface area contributed by atoms with Gasteiger partial charge in [0, 0.05) is 19.2 Å². The van der Waals surface area contributed by atoms with Gasteiger partial charge >= 0.3 is 0 Å². The molecule has 0 saturated carbocycles. The van der Waals surface area contributed by atoms with Gasteiger partial charge in [-0.15, -0.1) is 0 Å². The number of rotatable bonds is 3. The van der Waals surface area contributed by atoms with Crippen molar-refractivity contribution >= 4 is 11.8 Å². The number of carbonyl (C=O) groups is 2. The van der Waals surface area contributed by atoms with Crippen molar-refractivity contribution in [3.05, 3.63) is 29.6 Å². The van der Waals surface area contributed by atoms with Crippen LogP contribution in [0.25, 0.3) is 0 Å². The zero-order valence-corrected chi connectivity index (χ0v) is 14.5. The molecule has 25 heavy (non-hydrogen) atoms. The van der Waals surface area contributed by atoms with E-state index in [0.29, 0.717) is 19.6 Å². The van der Waals surface area contributed by atoms with Crippen LogP contribution in [0.15, 0.2) is 18.2 Å². The third-order valence-corrected chi connectivity index (χ3v) is 4.81. The second-order valence-corrected chi connectivity index (χ2v) is 6.55. The van der Waals surface area contributed by atoms with Crippen LogP contribution < -0.4 is 10.1 Å². The number of likely N-dealkylation sites (N-methyl/N-ethyl adjacent to an activating group) is 2. The van der Waals surface area contributed by atoms with Crippen LogP contribution in [0.4, 0.5) is 4.39 Å². The van der Waals surface area contributed by atoms with Gasteiger partial charge in [-0.1, -0.05) is 0 Å². The Balaban J connectivity index is 1.61. The van der Waals surface area contributed by atoms with E-state index in [-0.39, 0.29) is 35.8 Å². The molecule has 2 amide bonds. The average Bonchev–Trinajstić information content (AvgIpc) is 2.58. The molecule has 1 aromatic rings. The summed E-state index contributed by atoms with van der Waals surface area (Å²) in [6.45, 7) is 1.69. The van der Waals surface area contributed by atoms with Crippen LogP contribution in [0, 0.1) is 5.82 Å². The van der Waals surface area contributed by atoms with Crippen molar-refractivity contribution in [1.82, 2.24) is 15.1 Å². The Kier molecular flexibility index (Phi) is 4.66. The summed E-state index contributed by atoms with van der Waals surface area (Å²) in [5, 5.41) is 2.62. The molecule has 7 nitrogen and oxygen atoms in total. The van der Waals surface area contributed by atoms with Crippen molar-refractivity contribution in [3.63, 3.8) is 0 Å². The van der Waals surface area contributed by atoms with Crippen LogP contribution in [0.1, 0.15) is 10.4 Å². The molecule has 0 aromatic heterocycles. The Labute approximate surface area is 145 Å². The molecule has 1 spiro atoms. The molecule has 1 aromatic carbocycles. The minimum Gasteiger partial charge on any atom is -0.494 e. The lowest BCUT2D eigenvalue weighted by atomic mass is 9.90. The fraction of sp³-hybridized carbons (Fsp3) is 0.529. The number of hydrogen-bond acceptors (Lipinski definition) is 5. The van der Waals surface area contributed by atoms with E-state index in [9.17, 15) is 14.0 Å². The Morgan fingerprint density at radius 2 is 2.08 bits per heavy atom. The monoisotopic (exact) mass is 351 g/mol. The topological polar surface area (TPSA) is 71.1 Å². The Morgan fingerprint density at radius 1 is 1.36 bits per heavy atom. The first-order valence-electron chi connectivity index (χ1n) is 8.08. The Hall–Kier alpha value is -2.19. The van der Waals surface area contributed by atoms with Gasteiger partial charge in [0.05, 0.1) is 26.8 Å². The van der Waals surface area contributed by atoms with E-state index in [0.717, 1.165) is 0 Å². The first kappa shape index (κ1) is 17.6. The van der Waals surface area contributed by atoms with E-state index >= 15 is 0 Å². The molecule has 136 valence electrons. The summed E-state index contributed by atoms with van der Waals surface area (Å²) in [5.41, 5.74) is -0.180. The molecule has 0 aliphatic carbocycles. The summed E-state index contributed by atoms with van der Waals surface area (Å²) in [6.07, 6.45) is 0. The maximum absolute atomic E-state index is 13.8. The number of amides is 2. The van der Waals surface area contributed by atoms with Crippen LogP contribution in [-0.2, 0) is 9.53 Å². The van der Waals surface area contributed by atoms with Gasteiger partial charge in [0.25, 0.3) is 5.91 Å². The van der Waals surface area contributed by atoms with Crippen LogP contribution in [0.3, 0.4) is 0 Å². The molecule has 1 atom stereocenters. The van der Waals surface area contributed by atoms with Gasteiger partial charge < -0.3 is 19.7 Å². The predicted molar refractivity (Wildman–Crippen MR) is 88.0 cm³/mol. The van der Waals surface area contributed by atoms with Crippen LogP contribution in [0.5, 0.6) is 5.75 Å². The zero-order chi connectivity index (χ0) is 18.2. The fourth-order valence-electron chi connectivity index (χ4n) is 3.40. The van der Waals surface area contributed by atoms with E-state index in [4.69, 9.17) is 9.47 Å². The number of methoxy groups -OCH3 is 1. The summed E-state index contributed by atoms with van der Waals surface area (Å²) in [4.78, 5) is 27.8. The normalized spacial score (nSPS) is 22.4. The minimum atomic E-state index is -0.564. The number of likely N-dealkylation sites (tertiary alicyclic amines) is 1. The largest absolute Gasteiger partial charge is 0.494 e. The molecule has 1 N–H and O–H groups in total. The van der Waals surface area contributed by atoms with Gasteiger partial charge in [0.2, 0.25) is 5.91 Å². The van der Waals surface area contributed by atoms with Crippen molar-refractivity contribution in [3.8, 4) is 5.75 Å². The first-order chi connectivity index (χ1) is 11.9. The smallest absolute Gasteiger partial charge is 0.254 e. The van der Waals surface area contributed by atoms with Crippen molar-refractivity contribution in [2.75, 3.05) is 47.4 Å². The summed E-state index contributed by atoms with van der Waals surface area (Å²) < 4.78 is 24.5. The van der Waals surface area contributed by atoms with Crippen LogP contribution in [0.2, 0.25) is 0 Å². The molecule has 1 unspecified atom stereocenters. The number of nitrogens with zero attached hydrogens (tertiary/aromatic N) is 2. The second kappa shape index (κ2) is 6.61. The number of morpholine rings is 1. The first-order valence-corrected chi connectivity index (χ1v) is 8.08. The number of halogens is 1. The average molecular weight is 351 g/mol. The lowest BCUT2D eigenvalue weighted by Gasteiger charge is -2.54. The van der Waals surface area contributed by atoms with Gasteiger partial charge in [-0.2, -0.15) is 0 Å². The van der Waals surface area contributed by atoms with Crippen LogP contribution >= 0.6 is 0 Å².